The van der Waals surface area contributed by atoms with Crippen molar-refractivity contribution in [2.24, 2.45) is 0 Å². The predicted octanol–water partition coefficient (Wildman–Crippen LogP) is 4.23. The van der Waals surface area contributed by atoms with Gasteiger partial charge in [0.2, 0.25) is 0 Å². The second-order valence-corrected chi connectivity index (χ2v) is 6.57. The molecule has 156 valence electrons. The summed E-state index contributed by atoms with van der Waals surface area (Å²) in [6, 6.07) is 8.57. The van der Waals surface area contributed by atoms with Crippen molar-refractivity contribution in [1.29, 1.82) is 0 Å². The minimum Gasteiger partial charge on any atom is -0.385 e. The number of nitrogens with zero attached hydrogens (tertiary/aromatic N) is 2. The largest absolute Gasteiger partial charge is 0.418 e. The van der Waals surface area contributed by atoms with Gasteiger partial charge in [-0.2, -0.15) is 13.2 Å². The summed E-state index contributed by atoms with van der Waals surface area (Å²) < 4.78 is 40.3. The third kappa shape index (κ3) is 6.18. The van der Waals surface area contributed by atoms with Gasteiger partial charge in [-0.15, -0.1) is 0 Å². The van der Waals surface area contributed by atoms with E-state index in [-0.39, 0.29) is 16.9 Å². The lowest BCUT2D eigenvalue weighted by Gasteiger charge is -2.17. The number of rotatable bonds is 8. The molecule has 2 N–H and O–H groups in total. The van der Waals surface area contributed by atoms with E-state index < -0.39 is 28.3 Å². The van der Waals surface area contributed by atoms with Gasteiger partial charge >= 0.3 is 6.18 Å². The minimum absolute atomic E-state index is 0.0973. The molecule has 29 heavy (non-hydrogen) atoms. The Hall–Kier alpha value is -3.14. The predicted molar refractivity (Wildman–Crippen MR) is 104 cm³/mol. The van der Waals surface area contributed by atoms with Gasteiger partial charge in [0.15, 0.2) is 0 Å². The SMILES string of the molecule is CN(C)CCCNc1ccc(NC(=O)c2ccccc2[N+](=O)[O-])cc1C(F)(F)F. The number of alkyl halides is 3. The number of anilines is 2. The number of carbonyl (C=O) groups is 1. The molecule has 1 amide bonds. The van der Waals surface area contributed by atoms with Crippen LogP contribution in [0, 0.1) is 10.1 Å². The Morgan fingerprint density at radius 3 is 2.48 bits per heavy atom. The van der Waals surface area contributed by atoms with E-state index in [1.165, 1.54) is 30.3 Å². The molecule has 2 rings (SSSR count). The average Bonchev–Trinajstić information content (AvgIpc) is 2.65. The molecule has 2 aromatic rings. The Labute approximate surface area is 165 Å². The van der Waals surface area contributed by atoms with Crippen molar-refractivity contribution in [2.75, 3.05) is 37.8 Å². The van der Waals surface area contributed by atoms with Crippen molar-refractivity contribution in [3.8, 4) is 0 Å². The van der Waals surface area contributed by atoms with Gasteiger partial charge in [0.25, 0.3) is 11.6 Å². The lowest BCUT2D eigenvalue weighted by Crippen LogP contribution is -2.18. The summed E-state index contributed by atoms with van der Waals surface area (Å²) in [5.74, 6) is -0.864. The lowest BCUT2D eigenvalue weighted by molar-refractivity contribution is -0.385. The summed E-state index contributed by atoms with van der Waals surface area (Å²) in [6.45, 7) is 1.07. The number of amides is 1. The first-order valence-corrected chi connectivity index (χ1v) is 8.74. The van der Waals surface area contributed by atoms with Gasteiger partial charge < -0.3 is 15.5 Å². The Kier molecular flexibility index (Phi) is 7.16. The van der Waals surface area contributed by atoms with Crippen LogP contribution in [0.2, 0.25) is 0 Å². The molecule has 0 heterocycles. The van der Waals surface area contributed by atoms with Gasteiger partial charge in [-0.1, -0.05) is 12.1 Å². The fourth-order valence-electron chi connectivity index (χ4n) is 2.65. The minimum atomic E-state index is -4.64. The highest BCUT2D eigenvalue weighted by atomic mass is 19.4. The van der Waals surface area contributed by atoms with Crippen LogP contribution in [0.15, 0.2) is 42.5 Å². The molecular weight excluding hydrogens is 389 g/mol. The molecule has 7 nitrogen and oxygen atoms in total. The van der Waals surface area contributed by atoms with E-state index in [0.29, 0.717) is 13.0 Å². The lowest BCUT2D eigenvalue weighted by atomic mass is 10.1. The first kappa shape index (κ1) is 22.2. The van der Waals surface area contributed by atoms with Crippen LogP contribution in [-0.2, 0) is 6.18 Å². The van der Waals surface area contributed by atoms with E-state index in [2.05, 4.69) is 10.6 Å². The van der Waals surface area contributed by atoms with Crippen LogP contribution in [0.3, 0.4) is 0 Å². The highest BCUT2D eigenvalue weighted by Gasteiger charge is 2.34. The van der Waals surface area contributed by atoms with E-state index in [0.717, 1.165) is 18.7 Å². The van der Waals surface area contributed by atoms with Crippen molar-refractivity contribution in [3.05, 3.63) is 63.7 Å². The molecule has 0 spiro atoms. The summed E-state index contributed by atoms with van der Waals surface area (Å²) in [5.41, 5.74) is -1.81. The highest BCUT2D eigenvalue weighted by Crippen LogP contribution is 2.36. The van der Waals surface area contributed by atoms with Crippen LogP contribution in [0.1, 0.15) is 22.3 Å². The number of para-hydroxylation sites is 1. The number of carbonyl (C=O) groups excluding carboxylic acids is 1. The zero-order valence-electron chi connectivity index (χ0n) is 15.9. The van der Waals surface area contributed by atoms with Crippen molar-refractivity contribution in [2.45, 2.75) is 12.6 Å². The van der Waals surface area contributed by atoms with Crippen LogP contribution >= 0.6 is 0 Å². The first-order valence-electron chi connectivity index (χ1n) is 8.74. The zero-order valence-corrected chi connectivity index (χ0v) is 15.9. The van der Waals surface area contributed by atoms with E-state index in [4.69, 9.17) is 0 Å². The molecule has 0 bridgehead atoms. The number of hydrogen-bond donors (Lipinski definition) is 2. The molecule has 0 atom stereocenters. The van der Waals surface area contributed by atoms with Gasteiger partial charge in [0.05, 0.1) is 10.5 Å². The summed E-state index contributed by atoms with van der Waals surface area (Å²) in [6.07, 6.45) is -3.98. The van der Waals surface area contributed by atoms with E-state index in [9.17, 15) is 28.1 Å². The van der Waals surface area contributed by atoms with Crippen LogP contribution in [0.25, 0.3) is 0 Å². The maximum Gasteiger partial charge on any atom is 0.418 e. The summed E-state index contributed by atoms with van der Waals surface area (Å²) in [7, 11) is 3.74. The molecule has 0 fully saturated rings. The summed E-state index contributed by atoms with van der Waals surface area (Å²) in [5, 5.41) is 16.1. The quantitative estimate of drug-likeness (QED) is 0.386. The molecule has 0 saturated carbocycles. The normalized spacial score (nSPS) is 11.4. The van der Waals surface area contributed by atoms with E-state index in [1.54, 1.807) is 0 Å². The van der Waals surface area contributed by atoms with Crippen LogP contribution in [-0.4, -0.2) is 42.9 Å². The van der Waals surface area contributed by atoms with Crippen molar-refractivity contribution in [3.63, 3.8) is 0 Å². The molecule has 0 unspecified atom stereocenters. The van der Waals surface area contributed by atoms with Gasteiger partial charge in [0.1, 0.15) is 5.56 Å². The average molecular weight is 410 g/mol. The second-order valence-electron chi connectivity index (χ2n) is 6.57. The van der Waals surface area contributed by atoms with Gasteiger partial charge in [-0.25, -0.2) is 0 Å². The topological polar surface area (TPSA) is 87.5 Å². The van der Waals surface area contributed by atoms with Gasteiger partial charge in [-0.05, 0) is 51.3 Å². The third-order valence-corrected chi connectivity index (χ3v) is 4.03. The number of halogens is 3. The summed E-state index contributed by atoms with van der Waals surface area (Å²) in [4.78, 5) is 24.6. The molecule has 0 aliphatic heterocycles. The first-order chi connectivity index (χ1) is 13.6. The zero-order chi connectivity index (χ0) is 21.6. The fraction of sp³-hybridized carbons (Fsp3) is 0.316. The number of nitrogens with one attached hydrogen (secondary N) is 2. The van der Waals surface area contributed by atoms with Crippen LogP contribution < -0.4 is 10.6 Å². The van der Waals surface area contributed by atoms with Crippen molar-refractivity contribution in [1.82, 2.24) is 4.90 Å². The molecule has 0 saturated heterocycles. The molecule has 0 radical (unpaired) electrons. The maximum absolute atomic E-state index is 13.4. The van der Waals surface area contributed by atoms with Crippen LogP contribution in [0.4, 0.5) is 30.2 Å². The third-order valence-electron chi connectivity index (χ3n) is 4.03. The van der Waals surface area contributed by atoms with Gasteiger partial charge in [-0.3, -0.25) is 14.9 Å². The molecule has 0 aliphatic carbocycles. The molecular formula is C19H21F3N4O3. The fourth-order valence-corrected chi connectivity index (χ4v) is 2.65. The Morgan fingerprint density at radius 2 is 1.86 bits per heavy atom. The Balaban J connectivity index is 2.22. The smallest absolute Gasteiger partial charge is 0.385 e. The Morgan fingerprint density at radius 1 is 1.17 bits per heavy atom. The molecule has 0 aliphatic rings. The van der Waals surface area contributed by atoms with E-state index in [1.807, 2.05) is 19.0 Å². The van der Waals surface area contributed by atoms with Gasteiger partial charge in [0, 0.05) is 24.0 Å². The number of nitro groups is 1. The molecule has 2 aromatic carbocycles. The van der Waals surface area contributed by atoms with Crippen molar-refractivity contribution >= 4 is 23.0 Å². The van der Waals surface area contributed by atoms with Crippen LogP contribution in [0.5, 0.6) is 0 Å². The number of hydrogen-bond acceptors (Lipinski definition) is 5. The number of nitro benzene ring substituents is 1. The molecule has 0 aromatic heterocycles. The van der Waals surface area contributed by atoms with E-state index >= 15 is 0 Å². The van der Waals surface area contributed by atoms with Crippen molar-refractivity contribution < 1.29 is 22.9 Å². The summed E-state index contributed by atoms with van der Waals surface area (Å²) >= 11 is 0. The second kappa shape index (κ2) is 9.37. The Bertz CT molecular complexity index is 885. The highest BCUT2D eigenvalue weighted by molar-refractivity contribution is 6.07. The maximum atomic E-state index is 13.4. The standard InChI is InChI=1S/C19H21F3N4O3/c1-25(2)11-5-10-23-16-9-8-13(12-15(16)19(20,21)22)24-18(27)14-6-3-4-7-17(14)26(28)29/h3-4,6-9,12,23H,5,10-11H2,1-2H3,(H,24,27). The monoisotopic (exact) mass is 410 g/mol. The number of benzene rings is 2. The molecule has 10 heteroatoms.